The molecule has 0 spiro atoms. The summed E-state index contributed by atoms with van der Waals surface area (Å²) in [4.78, 5) is 10.8. The van der Waals surface area contributed by atoms with Crippen molar-refractivity contribution < 1.29 is 23.2 Å². The second-order valence-corrected chi connectivity index (χ2v) is 3.24. The van der Waals surface area contributed by atoms with E-state index in [0.717, 1.165) is 6.07 Å². The molecule has 4 N–H and O–H groups in total. The molecule has 0 aliphatic carbocycles. The molecule has 0 unspecified atom stereocenters. The number of alkyl halides is 3. The molecule has 4 nitrogen and oxygen atoms in total. The molecule has 0 heterocycles. The molecular formula is C8H6ClF3N2O2. The van der Waals surface area contributed by atoms with Crippen LogP contribution in [0.3, 0.4) is 0 Å². The quantitative estimate of drug-likeness (QED) is 0.709. The van der Waals surface area contributed by atoms with Crippen LogP contribution in [0.15, 0.2) is 12.1 Å². The van der Waals surface area contributed by atoms with Gasteiger partial charge in [-0.15, -0.1) is 0 Å². The van der Waals surface area contributed by atoms with Crippen molar-refractivity contribution in [3.63, 3.8) is 0 Å². The van der Waals surface area contributed by atoms with Gasteiger partial charge in [0.1, 0.15) is 0 Å². The monoisotopic (exact) mass is 254 g/mol. The number of benzene rings is 1. The zero-order valence-corrected chi connectivity index (χ0v) is 8.36. The molecule has 1 aromatic carbocycles. The first-order valence-electron chi connectivity index (χ1n) is 3.88. The third kappa shape index (κ3) is 2.37. The molecule has 88 valence electrons. The second kappa shape index (κ2) is 4.18. The minimum Gasteiger partial charge on any atom is -0.366 e. The first-order valence-corrected chi connectivity index (χ1v) is 4.26. The third-order valence-electron chi connectivity index (χ3n) is 1.78. The number of amides is 1. The summed E-state index contributed by atoms with van der Waals surface area (Å²) < 4.78 is 37.4. The van der Waals surface area contributed by atoms with Crippen molar-refractivity contribution in [2.75, 3.05) is 5.48 Å². The number of hydrogen-bond acceptors (Lipinski definition) is 3. The minimum atomic E-state index is -4.74. The highest BCUT2D eigenvalue weighted by atomic mass is 35.5. The van der Waals surface area contributed by atoms with E-state index in [2.05, 4.69) is 0 Å². The van der Waals surface area contributed by atoms with E-state index in [4.69, 9.17) is 22.5 Å². The lowest BCUT2D eigenvalue weighted by Gasteiger charge is -2.13. The van der Waals surface area contributed by atoms with Crippen molar-refractivity contribution in [1.82, 2.24) is 0 Å². The Morgan fingerprint density at radius 2 is 2.00 bits per heavy atom. The van der Waals surface area contributed by atoms with Gasteiger partial charge in [-0.3, -0.25) is 15.5 Å². The van der Waals surface area contributed by atoms with Crippen LogP contribution < -0.4 is 11.2 Å². The standard InChI is InChI=1S/C8H6ClF3N2O2/c9-6-4(8(10,11)12)1-3(7(13)15)2-5(6)14-16/h1-2,14,16H,(H2,13,15). The average molecular weight is 255 g/mol. The Labute approximate surface area is 92.8 Å². The van der Waals surface area contributed by atoms with E-state index in [-0.39, 0.29) is 0 Å². The summed E-state index contributed by atoms with van der Waals surface area (Å²) in [5.41, 5.74) is 4.21. The summed E-state index contributed by atoms with van der Waals surface area (Å²) in [6.45, 7) is 0. The SMILES string of the molecule is NC(=O)c1cc(NO)c(Cl)c(C(F)(F)F)c1. The topological polar surface area (TPSA) is 75.4 Å². The van der Waals surface area contributed by atoms with Crippen molar-refractivity contribution >= 4 is 23.2 Å². The van der Waals surface area contributed by atoms with Crippen LogP contribution >= 0.6 is 11.6 Å². The first-order chi connectivity index (χ1) is 7.27. The van der Waals surface area contributed by atoms with Crippen LogP contribution in [-0.4, -0.2) is 11.1 Å². The van der Waals surface area contributed by atoms with Gasteiger partial charge in [0.25, 0.3) is 0 Å². The van der Waals surface area contributed by atoms with E-state index in [9.17, 15) is 18.0 Å². The Hall–Kier alpha value is -1.47. The van der Waals surface area contributed by atoms with Crippen molar-refractivity contribution in [2.24, 2.45) is 5.73 Å². The molecule has 0 aliphatic rings. The van der Waals surface area contributed by atoms with Crippen LogP contribution in [0.5, 0.6) is 0 Å². The predicted molar refractivity (Wildman–Crippen MR) is 50.4 cm³/mol. The number of nitrogens with two attached hydrogens (primary N) is 1. The van der Waals surface area contributed by atoms with Crippen LogP contribution in [0, 0.1) is 0 Å². The molecule has 1 amide bonds. The maximum atomic E-state index is 12.5. The summed E-state index contributed by atoms with van der Waals surface area (Å²) in [5, 5.41) is 7.82. The van der Waals surface area contributed by atoms with Gasteiger partial charge in [-0.05, 0) is 12.1 Å². The molecule has 8 heteroatoms. The highest BCUT2D eigenvalue weighted by molar-refractivity contribution is 6.34. The first kappa shape index (κ1) is 12.6. The van der Waals surface area contributed by atoms with Gasteiger partial charge in [-0.2, -0.15) is 13.2 Å². The molecule has 0 aromatic heterocycles. The fraction of sp³-hybridized carbons (Fsp3) is 0.125. The van der Waals surface area contributed by atoms with E-state index < -0.39 is 33.9 Å². The number of carbonyl (C=O) groups excluding carboxylic acids is 1. The lowest BCUT2D eigenvalue weighted by molar-refractivity contribution is -0.137. The number of anilines is 1. The van der Waals surface area contributed by atoms with Crippen molar-refractivity contribution in [1.29, 1.82) is 0 Å². The van der Waals surface area contributed by atoms with Crippen molar-refractivity contribution in [2.45, 2.75) is 6.18 Å². The summed E-state index contributed by atoms with van der Waals surface area (Å²) >= 11 is 5.38. The van der Waals surface area contributed by atoms with Crippen molar-refractivity contribution in [3.8, 4) is 0 Å². The van der Waals surface area contributed by atoms with Gasteiger partial charge in [0, 0.05) is 5.56 Å². The molecule has 1 rings (SSSR count). The maximum absolute atomic E-state index is 12.5. The lowest BCUT2D eigenvalue weighted by atomic mass is 10.1. The smallest absolute Gasteiger partial charge is 0.366 e. The number of halogens is 4. The Morgan fingerprint density at radius 3 is 2.38 bits per heavy atom. The van der Waals surface area contributed by atoms with Gasteiger partial charge >= 0.3 is 6.18 Å². The van der Waals surface area contributed by atoms with E-state index in [1.165, 1.54) is 5.48 Å². The molecule has 0 aliphatic heterocycles. The zero-order valence-electron chi connectivity index (χ0n) is 7.60. The Morgan fingerprint density at radius 1 is 1.44 bits per heavy atom. The summed E-state index contributed by atoms with van der Waals surface area (Å²) in [7, 11) is 0. The minimum absolute atomic E-state index is 0.409. The molecule has 0 saturated heterocycles. The van der Waals surface area contributed by atoms with E-state index >= 15 is 0 Å². The fourth-order valence-electron chi connectivity index (χ4n) is 1.05. The Balaban J connectivity index is 3.48. The number of primary amides is 1. The number of rotatable bonds is 2. The van der Waals surface area contributed by atoms with Gasteiger partial charge in [0.05, 0.1) is 16.3 Å². The highest BCUT2D eigenvalue weighted by Crippen LogP contribution is 2.39. The molecular weight excluding hydrogens is 249 g/mol. The van der Waals surface area contributed by atoms with Crippen LogP contribution in [0.2, 0.25) is 5.02 Å². The predicted octanol–water partition coefficient (Wildman–Crippen LogP) is 2.26. The van der Waals surface area contributed by atoms with E-state index in [1.807, 2.05) is 0 Å². The average Bonchev–Trinajstić information content (AvgIpc) is 2.15. The van der Waals surface area contributed by atoms with E-state index in [1.54, 1.807) is 0 Å². The largest absolute Gasteiger partial charge is 0.417 e. The molecule has 0 atom stereocenters. The highest BCUT2D eigenvalue weighted by Gasteiger charge is 2.35. The van der Waals surface area contributed by atoms with E-state index in [0.29, 0.717) is 6.07 Å². The van der Waals surface area contributed by atoms with Gasteiger partial charge in [0.2, 0.25) is 5.91 Å². The van der Waals surface area contributed by atoms with Gasteiger partial charge in [-0.25, -0.2) is 0 Å². The Kier molecular flexibility index (Phi) is 3.30. The van der Waals surface area contributed by atoms with Gasteiger partial charge in [0.15, 0.2) is 0 Å². The number of carbonyl (C=O) groups is 1. The summed E-state index contributed by atoms with van der Waals surface area (Å²) in [6, 6.07) is 1.44. The normalized spacial score (nSPS) is 11.3. The molecule has 0 radical (unpaired) electrons. The second-order valence-electron chi connectivity index (χ2n) is 2.86. The van der Waals surface area contributed by atoms with Crippen LogP contribution in [0.25, 0.3) is 0 Å². The zero-order chi connectivity index (χ0) is 12.5. The molecule has 0 bridgehead atoms. The van der Waals surface area contributed by atoms with Crippen LogP contribution in [-0.2, 0) is 6.18 Å². The summed E-state index contributed by atoms with van der Waals surface area (Å²) in [6.07, 6.45) is -4.74. The molecule has 0 saturated carbocycles. The van der Waals surface area contributed by atoms with Gasteiger partial charge < -0.3 is 5.73 Å². The third-order valence-corrected chi connectivity index (χ3v) is 2.19. The fourth-order valence-corrected chi connectivity index (χ4v) is 1.31. The summed E-state index contributed by atoms with van der Waals surface area (Å²) in [5.74, 6) is -1.06. The van der Waals surface area contributed by atoms with Crippen LogP contribution in [0.1, 0.15) is 15.9 Å². The maximum Gasteiger partial charge on any atom is 0.417 e. The number of nitrogens with one attached hydrogen (secondary N) is 1. The molecule has 1 aromatic rings. The van der Waals surface area contributed by atoms with Gasteiger partial charge in [-0.1, -0.05) is 11.6 Å². The molecule has 0 fully saturated rings. The van der Waals surface area contributed by atoms with Crippen molar-refractivity contribution in [3.05, 3.63) is 28.3 Å². The molecule has 16 heavy (non-hydrogen) atoms. The lowest BCUT2D eigenvalue weighted by Crippen LogP contribution is -2.15. The Bertz CT molecular complexity index is 434. The number of hydrogen-bond donors (Lipinski definition) is 3. The van der Waals surface area contributed by atoms with Crippen LogP contribution in [0.4, 0.5) is 18.9 Å².